The van der Waals surface area contributed by atoms with E-state index in [1.54, 1.807) is 24.4 Å². The second-order valence-electron chi connectivity index (χ2n) is 10.2. The number of ether oxygens (including phenoxy) is 2. The lowest BCUT2D eigenvalue weighted by molar-refractivity contribution is -0.757. The van der Waals surface area contributed by atoms with Crippen LogP contribution in [0.25, 0.3) is 0 Å². The fourth-order valence-corrected chi connectivity index (χ4v) is 4.88. The minimum absolute atomic E-state index is 0.00208. The molecule has 1 aliphatic rings. The molecule has 1 amide bonds. The Kier molecular flexibility index (Phi) is 14.7. The van der Waals surface area contributed by atoms with Gasteiger partial charge < -0.3 is 29.8 Å². The second kappa shape index (κ2) is 18.9. The van der Waals surface area contributed by atoms with Gasteiger partial charge in [-0.05, 0) is 57.0 Å². The van der Waals surface area contributed by atoms with Gasteiger partial charge in [0.1, 0.15) is 29.6 Å². The van der Waals surface area contributed by atoms with E-state index in [-0.39, 0.29) is 43.8 Å². The number of hydrogen-bond acceptors (Lipinski definition) is 12. The average Bonchev–Trinajstić information content (AvgIpc) is 3.53. The first-order chi connectivity index (χ1) is 22.2. The summed E-state index contributed by atoms with van der Waals surface area (Å²) < 4.78 is 10.8. The molecule has 0 radical (unpaired) electrons. The highest BCUT2D eigenvalue weighted by Gasteiger charge is 2.29. The summed E-state index contributed by atoms with van der Waals surface area (Å²) >= 11 is 6.31. The van der Waals surface area contributed by atoms with Crippen LogP contribution in [0.2, 0.25) is 5.02 Å². The van der Waals surface area contributed by atoms with Crippen LogP contribution in [0, 0.1) is 10.1 Å². The number of rotatable bonds is 18. The molecular weight excluding hydrogens is 620 g/mol. The summed E-state index contributed by atoms with van der Waals surface area (Å²) in [7, 11) is 1.54. The van der Waals surface area contributed by atoms with Gasteiger partial charge in [0.05, 0.1) is 31.3 Å². The first-order valence-corrected chi connectivity index (χ1v) is 15.2. The number of nitrogens with one attached hydrogen (secondary N) is 2. The van der Waals surface area contributed by atoms with Gasteiger partial charge in [0.25, 0.3) is 11.0 Å². The molecule has 248 valence electrons. The first kappa shape index (κ1) is 35.7. The Balaban J connectivity index is 1.70. The summed E-state index contributed by atoms with van der Waals surface area (Å²) in [6.45, 7) is 6.48. The predicted molar refractivity (Wildman–Crippen MR) is 174 cm³/mol. The number of unbranched alkanes of at least 4 members (excludes halogenated alkanes) is 2. The van der Waals surface area contributed by atoms with E-state index in [9.17, 15) is 19.7 Å². The highest BCUT2D eigenvalue weighted by molar-refractivity contribution is 6.32. The molecule has 0 unspecified atom stereocenters. The van der Waals surface area contributed by atoms with E-state index in [2.05, 4.69) is 37.2 Å². The van der Waals surface area contributed by atoms with Crippen LogP contribution in [0.3, 0.4) is 0 Å². The number of allylic oxidation sites excluding steroid dienone is 1. The number of amidine groups is 1. The zero-order valence-electron chi connectivity index (χ0n) is 25.9. The minimum atomic E-state index is -0.830. The lowest BCUT2D eigenvalue weighted by atomic mass is 10.2. The van der Waals surface area contributed by atoms with Gasteiger partial charge in [-0.1, -0.05) is 30.2 Å². The molecule has 0 bridgehead atoms. The maximum Gasteiger partial charge on any atom is 0.305 e. The summed E-state index contributed by atoms with van der Waals surface area (Å²) in [5, 5.41) is 15.9. The molecule has 16 heteroatoms. The largest absolute Gasteiger partial charge is 0.495 e. The van der Waals surface area contributed by atoms with E-state index < -0.39 is 11.0 Å². The lowest BCUT2D eigenvalue weighted by Crippen LogP contribution is -2.36. The maximum atomic E-state index is 13.2. The quantitative estimate of drug-likeness (QED) is 0.0578. The summed E-state index contributed by atoms with van der Waals surface area (Å²) in [5.74, 6) is 0.794. The number of esters is 1. The highest BCUT2D eigenvalue weighted by atomic mass is 35.5. The van der Waals surface area contributed by atoms with Crippen molar-refractivity contribution in [1.82, 2.24) is 15.3 Å². The Morgan fingerprint density at radius 2 is 2.13 bits per heavy atom. The van der Waals surface area contributed by atoms with Crippen LogP contribution < -0.4 is 20.3 Å². The van der Waals surface area contributed by atoms with Crippen molar-refractivity contribution in [1.29, 1.82) is 0 Å². The molecule has 0 aliphatic carbocycles. The van der Waals surface area contributed by atoms with Crippen molar-refractivity contribution < 1.29 is 29.0 Å². The van der Waals surface area contributed by atoms with Crippen LogP contribution in [0.15, 0.2) is 46.7 Å². The van der Waals surface area contributed by atoms with Gasteiger partial charge >= 0.3 is 5.97 Å². The molecule has 1 saturated heterocycles. The van der Waals surface area contributed by atoms with Crippen molar-refractivity contribution in [2.24, 2.45) is 9.98 Å². The van der Waals surface area contributed by atoms with Crippen LogP contribution >= 0.6 is 11.6 Å². The summed E-state index contributed by atoms with van der Waals surface area (Å²) in [6.07, 6.45) is 8.21. The number of benzene rings is 1. The third-order valence-electron chi connectivity index (χ3n) is 6.95. The van der Waals surface area contributed by atoms with Crippen LogP contribution in [0.5, 0.6) is 5.75 Å². The maximum absolute atomic E-state index is 13.2. The molecule has 3 rings (SSSR count). The van der Waals surface area contributed by atoms with Crippen molar-refractivity contribution >= 4 is 47.8 Å². The van der Waals surface area contributed by atoms with E-state index in [1.807, 2.05) is 17.9 Å². The van der Waals surface area contributed by atoms with Crippen molar-refractivity contribution in [3.8, 4) is 5.75 Å². The Morgan fingerprint density at radius 3 is 2.85 bits per heavy atom. The van der Waals surface area contributed by atoms with E-state index in [0.717, 1.165) is 18.4 Å². The monoisotopic (exact) mass is 658 g/mol. The molecule has 0 saturated carbocycles. The number of halogens is 1. The van der Waals surface area contributed by atoms with E-state index in [4.69, 9.17) is 26.1 Å². The molecule has 2 aromatic rings. The third-order valence-corrected chi connectivity index (χ3v) is 7.25. The fraction of sp³-hybridized carbons (Fsp3) is 0.467. The van der Waals surface area contributed by atoms with Crippen LogP contribution in [0.1, 0.15) is 61.4 Å². The lowest BCUT2D eigenvalue weighted by Gasteiger charge is -2.25. The Morgan fingerprint density at radius 1 is 1.30 bits per heavy atom. The number of aliphatic imine (C=N–C) groups is 2. The SMILES string of the molecule is C=N/C(CNC(=O)c1cnc(N2CCC[C@H]2COC(=O)CCCCCO[N+](=O)[O-])nc1NCc1ccc(OC)c(Cl)c1)=N\C=C/C. The number of aromatic nitrogens is 2. The van der Waals surface area contributed by atoms with Crippen molar-refractivity contribution in [2.45, 2.75) is 58.0 Å². The molecule has 0 spiro atoms. The van der Waals surface area contributed by atoms with Gasteiger partial charge in [0.2, 0.25) is 5.95 Å². The molecule has 46 heavy (non-hydrogen) atoms. The number of nitrogens with zero attached hydrogens (tertiary/aromatic N) is 6. The number of carbonyl (C=O) groups excluding carboxylic acids is 2. The van der Waals surface area contributed by atoms with E-state index in [0.29, 0.717) is 60.7 Å². The molecule has 2 N–H and O–H groups in total. The molecular formula is C30H39ClN8O7. The average molecular weight is 659 g/mol. The van der Waals surface area contributed by atoms with Crippen LogP contribution in [-0.4, -0.2) is 78.9 Å². The summed E-state index contributed by atoms with van der Waals surface area (Å²) in [6, 6.07) is 5.23. The summed E-state index contributed by atoms with van der Waals surface area (Å²) in [5.41, 5.74) is 1.05. The summed E-state index contributed by atoms with van der Waals surface area (Å²) in [4.78, 5) is 59.2. The molecule has 15 nitrogen and oxygen atoms in total. The van der Waals surface area contributed by atoms with Gasteiger partial charge in [-0.25, -0.2) is 15.0 Å². The van der Waals surface area contributed by atoms with Crippen molar-refractivity contribution in [3.63, 3.8) is 0 Å². The van der Waals surface area contributed by atoms with Crippen molar-refractivity contribution in [3.05, 3.63) is 62.9 Å². The topological polar surface area (TPSA) is 183 Å². The molecule has 1 atom stereocenters. The van der Waals surface area contributed by atoms with Gasteiger partial charge in [0.15, 0.2) is 0 Å². The molecule has 1 aromatic heterocycles. The van der Waals surface area contributed by atoms with Gasteiger partial charge in [-0.2, -0.15) is 4.98 Å². The highest BCUT2D eigenvalue weighted by Crippen LogP contribution is 2.27. The predicted octanol–water partition coefficient (Wildman–Crippen LogP) is 4.39. The normalized spacial score (nSPS) is 14.6. The van der Waals surface area contributed by atoms with Gasteiger partial charge in [-0.15, -0.1) is 10.1 Å². The van der Waals surface area contributed by atoms with E-state index >= 15 is 0 Å². The Hall–Kier alpha value is -4.79. The van der Waals surface area contributed by atoms with Crippen molar-refractivity contribution in [2.75, 3.05) is 43.6 Å². The van der Waals surface area contributed by atoms with Gasteiger partial charge in [-0.3, -0.25) is 9.59 Å². The van der Waals surface area contributed by atoms with E-state index in [1.165, 1.54) is 13.3 Å². The number of anilines is 2. The van der Waals surface area contributed by atoms with Crippen LogP contribution in [-0.2, 0) is 20.9 Å². The fourth-order valence-electron chi connectivity index (χ4n) is 4.60. The number of carbonyl (C=O) groups is 2. The van der Waals surface area contributed by atoms with Crippen LogP contribution in [0.4, 0.5) is 11.8 Å². The number of amides is 1. The Labute approximate surface area is 272 Å². The zero-order valence-corrected chi connectivity index (χ0v) is 26.7. The molecule has 1 aromatic carbocycles. The molecule has 2 heterocycles. The third kappa shape index (κ3) is 11.3. The number of hydrogen-bond donors (Lipinski definition) is 2. The number of methoxy groups -OCH3 is 1. The molecule has 1 aliphatic heterocycles. The zero-order chi connectivity index (χ0) is 33.3. The smallest absolute Gasteiger partial charge is 0.305 e. The minimum Gasteiger partial charge on any atom is -0.495 e. The Bertz CT molecular complexity index is 1420. The second-order valence-corrected chi connectivity index (χ2v) is 10.6. The van der Waals surface area contributed by atoms with Gasteiger partial charge in [0, 0.05) is 31.9 Å². The molecule has 1 fully saturated rings. The first-order valence-electron chi connectivity index (χ1n) is 14.8. The standard InChI is InChI=1S/C30H39ClN8O7/c1-4-13-33-26(32-2)19-35-29(41)23-18-36-30(37-28(23)34-17-21-11-12-25(44-3)24(31)16-21)38-14-8-9-22(38)20-45-27(40)10-6-5-7-15-46-39(42)43/h4,11-13,16,18,22H,2,5-10,14-15,17,19-20H2,1,3H3,(H,35,41)(H,34,36,37)/b13-4-,33-26-/t22-/m0/s1.